The number of aromatic amines is 1. The van der Waals surface area contributed by atoms with Crippen molar-refractivity contribution < 1.29 is 0 Å². The lowest BCUT2D eigenvalue weighted by Gasteiger charge is -2.23. The van der Waals surface area contributed by atoms with Crippen LogP contribution in [0.5, 0.6) is 0 Å². The first kappa shape index (κ1) is 14.3. The van der Waals surface area contributed by atoms with Crippen LogP contribution < -0.4 is 0 Å². The maximum atomic E-state index is 5.43. The second-order valence-corrected chi connectivity index (χ2v) is 5.73. The van der Waals surface area contributed by atoms with E-state index in [-0.39, 0.29) is 0 Å². The van der Waals surface area contributed by atoms with Crippen molar-refractivity contribution in [3.8, 4) is 0 Å². The van der Waals surface area contributed by atoms with Gasteiger partial charge in [-0.25, -0.2) is 0 Å². The largest absolute Gasteiger partial charge is 0.331 e. The van der Waals surface area contributed by atoms with E-state index in [2.05, 4.69) is 60.5 Å². The maximum absolute atomic E-state index is 5.43. The van der Waals surface area contributed by atoms with Crippen LogP contribution in [0.1, 0.15) is 25.8 Å². The predicted octanol–water partition coefficient (Wildman–Crippen LogP) is 3.74. The van der Waals surface area contributed by atoms with E-state index in [0.29, 0.717) is 6.04 Å². The Morgan fingerprint density at radius 2 is 2.16 bits per heavy atom. The molecule has 1 aromatic heterocycles. The smallest absolute Gasteiger partial charge is 0.178 e. The average Bonchev–Trinajstić information content (AvgIpc) is 2.69. The first-order valence-electron chi connectivity index (χ1n) is 6.92. The molecule has 1 aromatic carbocycles. The van der Waals surface area contributed by atoms with E-state index in [4.69, 9.17) is 12.2 Å². The van der Waals surface area contributed by atoms with Gasteiger partial charge in [0.05, 0.1) is 11.0 Å². The molecular weight excluding hydrogens is 254 g/mol. The van der Waals surface area contributed by atoms with E-state index in [1.165, 1.54) is 17.5 Å². The minimum absolute atomic E-state index is 0.613. The molecule has 19 heavy (non-hydrogen) atoms. The molecule has 0 saturated carbocycles. The van der Waals surface area contributed by atoms with E-state index in [1.807, 2.05) is 0 Å². The molecule has 0 saturated heterocycles. The number of imidazole rings is 1. The standard InChI is InChI=1S/C15H23N3S/c1-5-12(3)17(4)8-9-18-14-7-6-11(2)10-13(14)16-15(18)19/h6-7,10,12H,5,8-9H2,1-4H3,(H,16,19). The van der Waals surface area contributed by atoms with Crippen LogP contribution in [0, 0.1) is 11.7 Å². The first-order valence-corrected chi connectivity index (χ1v) is 7.33. The van der Waals surface area contributed by atoms with Crippen molar-refractivity contribution >= 4 is 23.3 Å². The van der Waals surface area contributed by atoms with Crippen LogP contribution in [-0.4, -0.2) is 34.1 Å². The van der Waals surface area contributed by atoms with Gasteiger partial charge in [0.15, 0.2) is 4.77 Å². The Morgan fingerprint density at radius 1 is 1.42 bits per heavy atom. The summed E-state index contributed by atoms with van der Waals surface area (Å²) in [7, 11) is 2.18. The van der Waals surface area contributed by atoms with Gasteiger partial charge in [0, 0.05) is 19.1 Å². The minimum Gasteiger partial charge on any atom is -0.331 e. The molecule has 0 bridgehead atoms. The summed E-state index contributed by atoms with van der Waals surface area (Å²) in [4.78, 5) is 5.68. The van der Waals surface area contributed by atoms with Gasteiger partial charge in [-0.15, -0.1) is 0 Å². The Balaban J connectivity index is 2.21. The Kier molecular flexibility index (Phi) is 4.42. The molecule has 0 amide bonds. The molecule has 1 heterocycles. The highest BCUT2D eigenvalue weighted by Gasteiger charge is 2.09. The number of H-pyrrole nitrogens is 1. The van der Waals surface area contributed by atoms with Crippen LogP contribution in [0.15, 0.2) is 18.2 Å². The maximum Gasteiger partial charge on any atom is 0.178 e. The highest BCUT2D eigenvalue weighted by molar-refractivity contribution is 7.71. The number of aryl methyl sites for hydroxylation is 1. The van der Waals surface area contributed by atoms with Crippen molar-refractivity contribution in [3.05, 3.63) is 28.5 Å². The summed E-state index contributed by atoms with van der Waals surface area (Å²) in [6, 6.07) is 7.06. The van der Waals surface area contributed by atoms with Crippen LogP contribution in [0.4, 0.5) is 0 Å². The van der Waals surface area contributed by atoms with Crippen molar-refractivity contribution in [2.24, 2.45) is 0 Å². The summed E-state index contributed by atoms with van der Waals surface area (Å²) in [5.74, 6) is 0. The van der Waals surface area contributed by atoms with Crippen molar-refractivity contribution in [1.29, 1.82) is 0 Å². The van der Waals surface area contributed by atoms with Crippen LogP contribution in [0.3, 0.4) is 0 Å². The van der Waals surface area contributed by atoms with E-state index in [9.17, 15) is 0 Å². The van der Waals surface area contributed by atoms with E-state index < -0.39 is 0 Å². The third kappa shape index (κ3) is 3.07. The molecular formula is C15H23N3S. The minimum atomic E-state index is 0.613. The Bertz CT molecular complexity index is 611. The molecule has 0 fully saturated rings. The number of hydrogen-bond acceptors (Lipinski definition) is 2. The van der Waals surface area contributed by atoms with Gasteiger partial charge < -0.3 is 14.5 Å². The molecule has 0 spiro atoms. The van der Waals surface area contributed by atoms with Gasteiger partial charge in [-0.2, -0.15) is 0 Å². The zero-order valence-corrected chi connectivity index (χ0v) is 13.0. The van der Waals surface area contributed by atoms with Crippen molar-refractivity contribution in [2.75, 3.05) is 13.6 Å². The fourth-order valence-corrected chi connectivity index (χ4v) is 2.59. The van der Waals surface area contributed by atoms with Gasteiger partial charge in [-0.1, -0.05) is 13.0 Å². The summed E-state index contributed by atoms with van der Waals surface area (Å²) in [6.07, 6.45) is 1.18. The molecule has 0 aliphatic heterocycles. The third-order valence-electron chi connectivity index (χ3n) is 3.95. The predicted molar refractivity (Wildman–Crippen MR) is 84.2 cm³/mol. The zero-order chi connectivity index (χ0) is 14.0. The van der Waals surface area contributed by atoms with Crippen molar-refractivity contribution in [1.82, 2.24) is 14.5 Å². The fourth-order valence-electron chi connectivity index (χ4n) is 2.29. The lowest BCUT2D eigenvalue weighted by Crippen LogP contribution is -2.31. The second kappa shape index (κ2) is 5.88. The quantitative estimate of drug-likeness (QED) is 0.842. The molecule has 0 radical (unpaired) electrons. The lowest BCUT2D eigenvalue weighted by molar-refractivity contribution is 0.243. The van der Waals surface area contributed by atoms with Gasteiger partial charge in [0.1, 0.15) is 0 Å². The van der Waals surface area contributed by atoms with Crippen molar-refractivity contribution in [3.63, 3.8) is 0 Å². The van der Waals surface area contributed by atoms with Crippen LogP contribution in [0.2, 0.25) is 0 Å². The molecule has 1 unspecified atom stereocenters. The van der Waals surface area contributed by atoms with Crippen LogP contribution in [-0.2, 0) is 6.54 Å². The second-order valence-electron chi connectivity index (χ2n) is 5.34. The highest BCUT2D eigenvalue weighted by atomic mass is 32.1. The Morgan fingerprint density at radius 3 is 2.84 bits per heavy atom. The lowest BCUT2D eigenvalue weighted by atomic mass is 10.2. The van der Waals surface area contributed by atoms with E-state index >= 15 is 0 Å². The number of hydrogen-bond donors (Lipinski definition) is 1. The molecule has 2 aromatic rings. The van der Waals surface area contributed by atoms with Gasteiger partial charge in [-0.05, 0) is 57.2 Å². The number of fused-ring (bicyclic) bond motifs is 1. The normalized spacial score (nSPS) is 13.3. The average molecular weight is 277 g/mol. The molecule has 0 aliphatic carbocycles. The molecule has 3 nitrogen and oxygen atoms in total. The summed E-state index contributed by atoms with van der Waals surface area (Å²) < 4.78 is 3.02. The third-order valence-corrected chi connectivity index (χ3v) is 4.27. The summed E-state index contributed by atoms with van der Waals surface area (Å²) in [5, 5.41) is 0. The highest BCUT2D eigenvalue weighted by Crippen LogP contribution is 2.16. The number of nitrogens with one attached hydrogen (secondary N) is 1. The van der Waals surface area contributed by atoms with Crippen molar-refractivity contribution in [2.45, 2.75) is 39.8 Å². The molecule has 104 valence electrons. The van der Waals surface area contributed by atoms with E-state index in [0.717, 1.165) is 23.4 Å². The number of likely N-dealkylation sites (N-methyl/N-ethyl adjacent to an activating group) is 1. The summed E-state index contributed by atoms with van der Waals surface area (Å²) in [5.41, 5.74) is 3.59. The fraction of sp³-hybridized carbons (Fsp3) is 0.533. The summed E-state index contributed by atoms with van der Waals surface area (Å²) in [6.45, 7) is 8.54. The molecule has 2 rings (SSSR count). The SMILES string of the molecule is CCC(C)N(C)CCn1c(=S)[nH]c2cc(C)ccc21. The number of rotatable bonds is 5. The number of benzene rings is 1. The molecule has 4 heteroatoms. The van der Waals surface area contributed by atoms with Gasteiger partial charge >= 0.3 is 0 Å². The molecule has 0 aliphatic rings. The van der Waals surface area contributed by atoms with Gasteiger partial charge in [0.2, 0.25) is 0 Å². The van der Waals surface area contributed by atoms with Crippen LogP contribution in [0.25, 0.3) is 11.0 Å². The van der Waals surface area contributed by atoms with E-state index in [1.54, 1.807) is 0 Å². The van der Waals surface area contributed by atoms with Gasteiger partial charge in [-0.3, -0.25) is 0 Å². The summed E-state index contributed by atoms with van der Waals surface area (Å²) >= 11 is 5.43. The van der Waals surface area contributed by atoms with Gasteiger partial charge in [0.25, 0.3) is 0 Å². The number of nitrogens with zero attached hydrogens (tertiary/aromatic N) is 2. The molecule has 1 N–H and O–H groups in total. The Labute approximate surface area is 120 Å². The molecule has 1 atom stereocenters. The number of aromatic nitrogens is 2. The van der Waals surface area contributed by atoms with Crippen LogP contribution >= 0.6 is 12.2 Å². The Hall–Kier alpha value is -1.13. The zero-order valence-electron chi connectivity index (χ0n) is 12.2. The first-order chi connectivity index (χ1) is 9.02. The topological polar surface area (TPSA) is 24.0 Å². The monoisotopic (exact) mass is 277 g/mol.